The van der Waals surface area contributed by atoms with E-state index in [4.69, 9.17) is 4.74 Å². The van der Waals surface area contributed by atoms with E-state index < -0.39 is 6.36 Å². The van der Waals surface area contributed by atoms with Crippen molar-refractivity contribution < 1.29 is 22.6 Å². The standard InChI is InChI=1S/C25H27F3N6O2/c1-16-14-33(15-29-16)20-11-9-17(30-24(20)35-2)10-12-22-31-23-19(7-5-13-34(23)32-22)18-6-3-4-8-21(18)36-25(26,27)28/h3-4,6,8-12,14-15,19,22-23,31-32H,5,7,13H2,1-2H3/b12-10+/t19-,22?,23?/m1/s1. The molecule has 190 valence electrons. The van der Waals surface area contributed by atoms with Crippen molar-refractivity contribution in [3.05, 3.63) is 71.9 Å². The third kappa shape index (κ3) is 5.23. The second-order valence-electron chi connectivity index (χ2n) is 8.79. The Labute approximate surface area is 206 Å². The summed E-state index contributed by atoms with van der Waals surface area (Å²) in [6.07, 6.45) is 3.89. The quantitative estimate of drug-likeness (QED) is 0.527. The molecule has 8 nitrogen and oxygen atoms in total. The molecule has 3 aromatic rings. The third-order valence-electron chi connectivity index (χ3n) is 6.33. The van der Waals surface area contributed by atoms with Crippen LogP contribution in [0.2, 0.25) is 0 Å². The number of benzene rings is 1. The molecule has 2 saturated heterocycles. The van der Waals surface area contributed by atoms with Crippen molar-refractivity contribution in [3.63, 3.8) is 0 Å². The molecule has 3 atom stereocenters. The van der Waals surface area contributed by atoms with Crippen LogP contribution in [0.4, 0.5) is 13.2 Å². The number of imidazole rings is 1. The van der Waals surface area contributed by atoms with Gasteiger partial charge in [0.25, 0.3) is 0 Å². The summed E-state index contributed by atoms with van der Waals surface area (Å²) < 4.78 is 50.6. The summed E-state index contributed by atoms with van der Waals surface area (Å²) in [7, 11) is 1.57. The summed E-state index contributed by atoms with van der Waals surface area (Å²) in [5.41, 5.74) is 6.33. The van der Waals surface area contributed by atoms with Crippen LogP contribution in [0.5, 0.6) is 11.6 Å². The zero-order valence-electron chi connectivity index (χ0n) is 19.9. The van der Waals surface area contributed by atoms with Crippen LogP contribution in [0.1, 0.15) is 35.7 Å². The fourth-order valence-corrected chi connectivity index (χ4v) is 4.81. The number of hydrogen-bond donors (Lipinski definition) is 2. The van der Waals surface area contributed by atoms with Crippen molar-refractivity contribution >= 4 is 6.08 Å². The van der Waals surface area contributed by atoms with Crippen LogP contribution in [-0.2, 0) is 0 Å². The maximum absolute atomic E-state index is 13.0. The lowest BCUT2D eigenvalue weighted by atomic mass is 9.87. The Balaban J connectivity index is 1.32. The van der Waals surface area contributed by atoms with E-state index in [0.717, 1.165) is 30.8 Å². The molecular weight excluding hydrogens is 473 g/mol. The Morgan fingerprint density at radius 1 is 1.17 bits per heavy atom. The van der Waals surface area contributed by atoms with E-state index in [9.17, 15) is 13.2 Å². The van der Waals surface area contributed by atoms with E-state index in [2.05, 4.69) is 25.4 Å². The van der Waals surface area contributed by atoms with Gasteiger partial charge in [-0.25, -0.2) is 20.4 Å². The number of ether oxygens (including phenoxy) is 2. The van der Waals surface area contributed by atoms with Crippen molar-refractivity contribution in [1.29, 1.82) is 0 Å². The Morgan fingerprint density at radius 3 is 2.75 bits per heavy atom. The van der Waals surface area contributed by atoms with Gasteiger partial charge < -0.3 is 14.0 Å². The minimum atomic E-state index is -4.74. The second-order valence-corrected chi connectivity index (χ2v) is 8.79. The van der Waals surface area contributed by atoms with Crippen LogP contribution in [0.3, 0.4) is 0 Å². The van der Waals surface area contributed by atoms with Gasteiger partial charge in [0.05, 0.1) is 37.2 Å². The highest BCUT2D eigenvalue weighted by atomic mass is 19.4. The van der Waals surface area contributed by atoms with Gasteiger partial charge >= 0.3 is 6.36 Å². The van der Waals surface area contributed by atoms with Gasteiger partial charge in [0.2, 0.25) is 5.88 Å². The first-order chi connectivity index (χ1) is 17.3. The number of para-hydroxylation sites is 1. The number of hydrazine groups is 1. The minimum Gasteiger partial charge on any atom is -0.479 e. The number of aryl methyl sites for hydroxylation is 1. The predicted octanol–water partition coefficient (Wildman–Crippen LogP) is 4.14. The van der Waals surface area contributed by atoms with Gasteiger partial charge in [-0.2, -0.15) is 0 Å². The molecule has 0 saturated carbocycles. The fourth-order valence-electron chi connectivity index (χ4n) is 4.81. The van der Waals surface area contributed by atoms with E-state index in [0.29, 0.717) is 17.1 Å². The Hall–Kier alpha value is -3.41. The van der Waals surface area contributed by atoms with Crippen molar-refractivity contribution in [3.8, 4) is 17.3 Å². The Kier molecular flexibility index (Phi) is 6.69. The van der Waals surface area contributed by atoms with Gasteiger partial charge in [0.15, 0.2) is 0 Å². The first-order valence-electron chi connectivity index (χ1n) is 11.7. The zero-order valence-corrected chi connectivity index (χ0v) is 19.9. The number of pyridine rings is 1. The maximum atomic E-state index is 13.0. The predicted molar refractivity (Wildman–Crippen MR) is 127 cm³/mol. The number of fused-ring (bicyclic) bond motifs is 1. The molecule has 5 rings (SSSR count). The van der Waals surface area contributed by atoms with Crippen LogP contribution in [0.25, 0.3) is 11.8 Å². The number of rotatable bonds is 6. The van der Waals surface area contributed by atoms with Gasteiger partial charge in [-0.3, -0.25) is 5.32 Å². The second kappa shape index (κ2) is 9.92. The van der Waals surface area contributed by atoms with E-state index in [-0.39, 0.29) is 24.0 Å². The number of halogens is 3. The first-order valence-corrected chi connectivity index (χ1v) is 11.7. The van der Waals surface area contributed by atoms with E-state index in [1.165, 1.54) is 6.07 Å². The number of piperidine rings is 1. The van der Waals surface area contributed by atoms with E-state index >= 15 is 0 Å². The summed E-state index contributed by atoms with van der Waals surface area (Å²) in [5, 5.41) is 5.54. The highest BCUT2D eigenvalue weighted by molar-refractivity contribution is 5.52. The molecule has 0 spiro atoms. The summed E-state index contributed by atoms with van der Waals surface area (Å²) in [4.78, 5) is 8.83. The summed E-state index contributed by atoms with van der Waals surface area (Å²) in [6, 6.07) is 10.2. The molecule has 2 N–H and O–H groups in total. The summed E-state index contributed by atoms with van der Waals surface area (Å²) in [6.45, 7) is 2.70. The Morgan fingerprint density at radius 2 is 2.00 bits per heavy atom. The normalized spacial score (nSPS) is 22.6. The zero-order chi connectivity index (χ0) is 25.3. The molecule has 2 aliphatic heterocycles. The van der Waals surface area contributed by atoms with Crippen LogP contribution in [-0.4, -0.2) is 51.9 Å². The number of methoxy groups -OCH3 is 1. The van der Waals surface area contributed by atoms with E-state index in [1.807, 2.05) is 47.0 Å². The van der Waals surface area contributed by atoms with Crippen molar-refractivity contribution in [1.82, 2.24) is 30.3 Å². The lowest BCUT2D eigenvalue weighted by molar-refractivity contribution is -0.275. The molecule has 2 fully saturated rings. The van der Waals surface area contributed by atoms with Crippen LogP contribution < -0.4 is 20.2 Å². The molecule has 0 bridgehead atoms. The number of alkyl halides is 3. The van der Waals surface area contributed by atoms with Gasteiger partial charge in [-0.15, -0.1) is 13.2 Å². The molecule has 2 aliphatic rings. The molecule has 4 heterocycles. The number of aromatic nitrogens is 3. The Bertz CT molecular complexity index is 1240. The van der Waals surface area contributed by atoms with Crippen molar-refractivity contribution in [2.75, 3.05) is 13.7 Å². The summed E-state index contributed by atoms with van der Waals surface area (Å²) in [5.74, 6) is 0.155. The van der Waals surface area contributed by atoms with Crippen LogP contribution in [0, 0.1) is 6.92 Å². The lowest BCUT2D eigenvalue weighted by Crippen LogP contribution is -2.47. The molecule has 0 amide bonds. The average molecular weight is 501 g/mol. The average Bonchev–Trinajstić information content (AvgIpc) is 3.47. The topological polar surface area (TPSA) is 76.5 Å². The smallest absolute Gasteiger partial charge is 0.479 e. The molecule has 2 unspecified atom stereocenters. The van der Waals surface area contributed by atoms with Crippen LogP contribution >= 0.6 is 0 Å². The molecule has 0 radical (unpaired) electrons. The fraction of sp³-hybridized carbons (Fsp3) is 0.360. The monoisotopic (exact) mass is 500 g/mol. The highest BCUT2D eigenvalue weighted by Crippen LogP contribution is 2.39. The van der Waals surface area contributed by atoms with Gasteiger partial charge in [0, 0.05) is 24.2 Å². The third-order valence-corrected chi connectivity index (χ3v) is 6.33. The molecule has 36 heavy (non-hydrogen) atoms. The molecule has 2 aromatic heterocycles. The van der Waals surface area contributed by atoms with E-state index in [1.54, 1.807) is 31.6 Å². The number of nitrogens with one attached hydrogen (secondary N) is 2. The molecule has 11 heteroatoms. The van der Waals surface area contributed by atoms with Crippen molar-refractivity contribution in [2.24, 2.45) is 0 Å². The van der Waals surface area contributed by atoms with Gasteiger partial charge in [0.1, 0.15) is 11.4 Å². The minimum absolute atomic E-state index is 0.151. The molecular formula is C25H27F3N6O2. The largest absolute Gasteiger partial charge is 0.573 e. The first kappa shape index (κ1) is 24.3. The highest BCUT2D eigenvalue weighted by Gasteiger charge is 2.41. The molecule has 1 aromatic carbocycles. The van der Waals surface area contributed by atoms with Gasteiger partial charge in [-0.05, 0) is 50.1 Å². The maximum Gasteiger partial charge on any atom is 0.573 e. The summed E-state index contributed by atoms with van der Waals surface area (Å²) >= 11 is 0. The SMILES string of the molecule is COc1nc(/C=C/C2NC3[C@@H](c4ccccc4OC(F)(F)F)CCCN3N2)ccc1-n1cnc(C)c1. The van der Waals surface area contributed by atoms with Gasteiger partial charge in [-0.1, -0.05) is 18.2 Å². The number of hydrogen-bond acceptors (Lipinski definition) is 7. The number of nitrogens with zero attached hydrogens (tertiary/aromatic N) is 4. The molecule has 0 aliphatic carbocycles. The van der Waals surface area contributed by atoms with Crippen molar-refractivity contribution in [2.45, 2.75) is 44.4 Å². The lowest BCUT2D eigenvalue weighted by Gasteiger charge is -2.36. The van der Waals surface area contributed by atoms with Crippen LogP contribution in [0.15, 0.2) is 55.0 Å².